The number of ether oxygens (including phenoxy) is 1. The van der Waals surface area contributed by atoms with Gasteiger partial charge >= 0.3 is 5.97 Å². The summed E-state index contributed by atoms with van der Waals surface area (Å²) in [5, 5.41) is 0. The molecule has 3 heteroatoms. The second-order valence-electron chi connectivity index (χ2n) is 3.95. The van der Waals surface area contributed by atoms with E-state index in [-0.39, 0.29) is 33.6 Å². The van der Waals surface area contributed by atoms with Crippen LogP contribution in [0.5, 0.6) is 5.75 Å². The molecule has 0 fully saturated rings. The van der Waals surface area contributed by atoms with Gasteiger partial charge in [0.05, 0.1) is 0 Å². The zero-order valence-corrected chi connectivity index (χ0v) is 16.2. The molecule has 90 valence electrons. The van der Waals surface area contributed by atoms with Crippen LogP contribution in [0.4, 0.5) is 0 Å². The summed E-state index contributed by atoms with van der Waals surface area (Å²) in [5.74, 6) is 0.517. The Balaban J connectivity index is 0.00000256. The molecule has 0 saturated heterocycles. The van der Waals surface area contributed by atoms with E-state index in [1.165, 1.54) is 19.3 Å². The minimum Gasteiger partial charge on any atom is -0.427 e. The van der Waals surface area contributed by atoms with E-state index in [1.54, 1.807) is 12.1 Å². The molecule has 0 unspecified atom stereocenters. The van der Waals surface area contributed by atoms with Crippen LogP contribution in [0.15, 0.2) is 30.3 Å². The maximum Gasteiger partial charge on any atom is 0.311 e. The fourth-order valence-corrected chi connectivity index (χ4v) is 1.54. The van der Waals surface area contributed by atoms with Crippen LogP contribution in [0.3, 0.4) is 0 Å². The van der Waals surface area contributed by atoms with Crippen molar-refractivity contribution in [2.45, 2.75) is 45.4 Å². The number of carbonyl (C=O) groups is 1. The molecule has 1 aromatic carbocycles. The second-order valence-corrected chi connectivity index (χ2v) is 3.95. The molecular formula is C14H20HgO2. The number of esters is 1. The summed E-state index contributed by atoms with van der Waals surface area (Å²) >= 11 is 0. The maximum atomic E-state index is 11.4. The van der Waals surface area contributed by atoms with Crippen LogP contribution in [-0.2, 0) is 32.5 Å². The van der Waals surface area contributed by atoms with Crippen molar-refractivity contribution in [2.75, 3.05) is 0 Å². The van der Waals surface area contributed by atoms with Gasteiger partial charge in [-0.05, 0) is 18.6 Å². The Morgan fingerprint density at radius 2 is 1.71 bits per heavy atom. The topological polar surface area (TPSA) is 26.3 Å². The maximum absolute atomic E-state index is 11.4. The summed E-state index contributed by atoms with van der Waals surface area (Å²) < 4.78 is 5.18. The quantitative estimate of drug-likeness (QED) is 0.289. The monoisotopic (exact) mass is 422 g/mol. The van der Waals surface area contributed by atoms with E-state index in [9.17, 15) is 4.79 Å². The second kappa shape index (κ2) is 10.8. The smallest absolute Gasteiger partial charge is 0.311 e. The largest absolute Gasteiger partial charge is 0.427 e. The fraction of sp³-hybridized carbons (Fsp3) is 0.500. The van der Waals surface area contributed by atoms with Crippen LogP contribution in [0.2, 0.25) is 0 Å². The Labute approximate surface area is 124 Å². The van der Waals surface area contributed by atoms with Crippen LogP contribution in [0.25, 0.3) is 0 Å². The van der Waals surface area contributed by atoms with Crippen LogP contribution >= 0.6 is 0 Å². The number of hydrogen-bond donors (Lipinski definition) is 0. The number of hydrogen-bond acceptors (Lipinski definition) is 2. The number of unbranched alkanes of at least 4 members (excludes halogenated alkanes) is 4. The molecule has 2 nitrogen and oxygen atoms in total. The number of rotatable bonds is 7. The molecule has 1 aromatic rings. The van der Waals surface area contributed by atoms with Gasteiger partial charge in [-0.15, -0.1) is 0 Å². The van der Waals surface area contributed by atoms with E-state index in [0.717, 1.165) is 12.8 Å². The summed E-state index contributed by atoms with van der Waals surface area (Å²) in [7, 11) is 0. The molecule has 0 atom stereocenters. The summed E-state index contributed by atoms with van der Waals surface area (Å²) in [5.41, 5.74) is 0. The van der Waals surface area contributed by atoms with Crippen LogP contribution in [0, 0.1) is 0 Å². The molecule has 0 spiro atoms. The molecule has 17 heavy (non-hydrogen) atoms. The average Bonchev–Trinajstić information content (AvgIpc) is 2.30. The van der Waals surface area contributed by atoms with Crippen molar-refractivity contribution < 1.29 is 37.2 Å². The molecule has 0 N–H and O–H groups in total. The van der Waals surface area contributed by atoms with Gasteiger partial charge in [-0.3, -0.25) is 4.79 Å². The summed E-state index contributed by atoms with van der Waals surface area (Å²) in [6.07, 6.45) is 6.29. The summed E-state index contributed by atoms with van der Waals surface area (Å²) in [6, 6.07) is 9.24. The van der Waals surface area contributed by atoms with Crippen molar-refractivity contribution in [2.24, 2.45) is 0 Å². The van der Waals surface area contributed by atoms with Crippen molar-refractivity contribution >= 4 is 5.97 Å². The molecule has 0 aliphatic carbocycles. The van der Waals surface area contributed by atoms with E-state index >= 15 is 0 Å². The summed E-state index contributed by atoms with van der Waals surface area (Å²) in [6.45, 7) is 2.18. The van der Waals surface area contributed by atoms with Crippen molar-refractivity contribution in [3.05, 3.63) is 30.3 Å². The van der Waals surface area contributed by atoms with Gasteiger partial charge in [0, 0.05) is 34.1 Å². The third kappa shape index (κ3) is 8.36. The molecule has 0 aliphatic rings. The molecule has 1 rings (SSSR count). The average molecular weight is 421 g/mol. The third-order valence-electron chi connectivity index (χ3n) is 2.46. The first-order valence-corrected chi connectivity index (χ1v) is 6.08. The zero-order chi connectivity index (χ0) is 11.6. The normalized spacial score (nSPS) is 9.47. The molecular weight excluding hydrogens is 401 g/mol. The Kier molecular flexibility index (Phi) is 10.5. The van der Waals surface area contributed by atoms with Crippen molar-refractivity contribution in [1.29, 1.82) is 0 Å². The molecule has 0 amide bonds. The summed E-state index contributed by atoms with van der Waals surface area (Å²) in [4.78, 5) is 11.4. The first-order valence-electron chi connectivity index (χ1n) is 6.08. The minimum atomic E-state index is -0.123. The van der Waals surface area contributed by atoms with Gasteiger partial charge in [-0.25, -0.2) is 0 Å². The van der Waals surface area contributed by atoms with Gasteiger partial charge in [0.15, 0.2) is 0 Å². The van der Waals surface area contributed by atoms with E-state index in [2.05, 4.69) is 6.92 Å². The van der Waals surface area contributed by atoms with Gasteiger partial charge in [0.2, 0.25) is 0 Å². The van der Waals surface area contributed by atoms with Crippen LogP contribution in [0.1, 0.15) is 45.4 Å². The van der Waals surface area contributed by atoms with E-state index in [1.807, 2.05) is 18.2 Å². The number of para-hydroxylation sites is 1. The minimum absolute atomic E-state index is 0. The molecule has 0 radical (unpaired) electrons. The Morgan fingerprint density at radius 1 is 1.06 bits per heavy atom. The van der Waals surface area contributed by atoms with E-state index < -0.39 is 0 Å². The van der Waals surface area contributed by atoms with Gasteiger partial charge in [-0.2, -0.15) is 0 Å². The van der Waals surface area contributed by atoms with Gasteiger partial charge < -0.3 is 4.74 Å². The Hall–Kier alpha value is -0.375. The van der Waals surface area contributed by atoms with Gasteiger partial charge in [0.25, 0.3) is 0 Å². The Morgan fingerprint density at radius 3 is 2.35 bits per heavy atom. The molecule has 0 bridgehead atoms. The Bertz CT molecular complexity index is 298. The van der Waals surface area contributed by atoms with Crippen molar-refractivity contribution in [1.82, 2.24) is 0 Å². The molecule has 0 saturated carbocycles. The van der Waals surface area contributed by atoms with Gasteiger partial charge in [-0.1, -0.05) is 50.8 Å². The SMILES string of the molecule is CCCCCCCC(=O)Oc1ccccc1.[Hg]. The predicted molar refractivity (Wildman–Crippen MR) is 65.5 cm³/mol. The number of carbonyl (C=O) groups excluding carboxylic acids is 1. The van der Waals surface area contributed by atoms with Gasteiger partial charge in [0.1, 0.15) is 5.75 Å². The van der Waals surface area contributed by atoms with E-state index in [4.69, 9.17) is 4.74 Å². The van der Waals surface area contributed by atoms with Crippen LogP contribution in [-0.4, -0.2) is 5.97 Å². The third-order valence-corrected chi connectivity index (χ3v) is 2.46. The van der Waals surface area contributed by atoms with Crippen molar-refractivity contribution in [3.8, 4) is 5.75 Å². The zero-order valence-electron chi connectivity index (χ0n) is 10.7. The first kappa shape index (κ1) is 16.6. The number of benzene rings is 1. The van der Waals surface area contributed by atoms with Crippen LogP contribution < -0.4 is 4.74 Å². The predicted octanol–water partition coefficient (Wildman–Crippen LogP) is 3.95. The fourth-order valence-electron chi connectivity index (χ4n) is 1.54. The first-order chi connectivity index (χ1) is 7.83. The van der Waals surface area contributed by atoms with E-state index in [0.29, 0.717) is 12.2 Å². The molecule has 0 heterocycles. The molecule has 0 aliphatic heterocycles. The molecule has 0 aromatic heterocycles. The van der Waals surface area contributed by atoms with Crippen molar-refractivity contribution in [3.63, 3.8) is 0 Å². The standard InChI is InChI=1S/C14H20O2.Hg/c1-2-3-4-5-9-12-14(15)16-13-10-7-6-8-11-13;/h6-8,10-11H,2-5,9,12H2,1H3;.